The number of carboxylic acids is 1. The number of hydrogen-bond acceptors (Lipinski definition) is 7. The van der Waals surface area contributed by atoms with E-state index in [1.807, 2.05) is 68.6 Å². The number of nitrogens with zero attached hydrogens (tertiary/aromatic N) is 6. The molecule has 0 spiro atoms. The summed E-state index contributed by atoms with van der Waals surface area (Å²) in [5.74, 6) is -1.42. The monoisotopic (exact) mass is 520 g/mol. The Morgan fingerprint density at radius 3 is 1.64 bits per heavy atom. The fourth-order valence-electron chi connectivity index (χ4n) is 4.21. The highest BCUT2D eigenvalue weighted by molar-refractivity contribution is 5.96. The van der Waals surface area contributed by atoms with E-state index in [9.17, 15) is 9.59 Å². The number of benzene rings is 2. The first-order valence-electron chi connectivity index (χ1n) is 12.0. The summed E-state index contributed by atoms with van der Waals surface area (Å²) in [4.78, 5) is 31.8. The molecule has 4 aromatic heterocycles. The zero-order chi connectivity index (χ0) is 27.5. The van der Waals surface area contributed by atoms with E-state index in [1.165, 1.54) is 23.9 Å². The molecule has 10 nitrogen and oxygen atoms in total. The van der Waals surface area contributed by atoms with Crippen LogP contribution in [-0.2, 0) is 4.74 Å². The standard InChI is InChI=1S/C15H13N3O2.C14H11N3O2/c1-10-5-3-4-6-11(10)13-9-18-14(17-13)12(7-8-16-18)15(19)20-2;1-9-4-2-3-5-10(9)12-8-17-13(16-12)11(14(18)19)6-7-15-17/h3-9H,1-2H3;2-8H,1H3,(H,18,19). The minimum Gasteiger partial charge on any atom is -0.478 e. The number of aromatic carboxylic acids is 1. The van der Waals surface area contributed by atoms with Gasteiger partial charge in [-0.25, -0.2) is 28.6 Å². The molecule has 0 aliphatic carbocycles. The highest BCUT2D eigenvalue weighted by Gasteiger charge is 2.16. The molecule has 2 aromatic carbocycles. The number of carboxylic acid groups (broad SMARTS) is 1. The third-order valence-electron chi connectivity index (χ3n) is 6.20. The van der Waals surface area contributed by atoms with E-state index in [4.69, 9.17) is 9.84 Å². The average Bonchev–Trinajstić information content (AvgIpc) is 3.57. The smallest absolute Gasteiger partial charge is 0.341 e. The summed E-state index contributed by atoms with van der Waals surface area (Å²) in [6.45, 7) is 4.01. The first-order chi connectivity index (χ1) is 18.9. The highest BCUT2D eigenvalue weighted by Crippen LogP contribution is 2.24. The number of carbonyl (C=O) groups is 2. The minimum absolute atomic E-state index is 0.148. The maximum absolute atomic E-state index is 11.7. The molecule has 0 radical (unpaired) electrons. The second-order valence-corrected chi connectivity index (χ2v) is 8.70. The quantitative estimate of drug-likeness (QED) is 0.326. The van der Waals surface area contributed by atoms with Crippen molar-refractivity contribution in [1.82, 2.24) is 29.2 Å². The van der Waals surface area contributed by atoms with Crippen molar-refractivity contribution in [3.63, 3.8) is 0 Å². The number of rotatable bonds is 4. The normalized spacial score (nSPS) is 10.7. The number of carbonyl (C=O) groups excluding carboxylic acids is 1. The lowest BCUT2D eigenvalue weighted by Crippen LogP contribution is -2.05. The molecule has 4 heterocycles. The fourth-order valence-corrected chi connectivity index (χ4v) is 4.21. The van der Waals surface area contributed by atoms with E-state index in [0.717, 1.165) is 33.6 Å². The predicted molar refractivity (Wildman–Crippen MR) is 145 cm³/mol. The molecular formula is C29H24N6O4. The van der Waals surface area contributed by atoms with Crippen molar-refractivity contribution in [2.24, 2.45) is 0 Å². The van der Waals surface area contributed by atoms with Crippen LogP contribution in [0.4, 0.5) is 0 Å². The molecule has 6 aromatic rings. The number of ether oxygens (including phenoxy) is 1. The van der Waals surface area contributed by atoms with Crippen LogP contribution in [0.25, 0.3) is 33.8 Å². The SMILES string of the molecule is COC(=O)c1ccnn2cc(-c3ccccc3C)nc12.Cc1ccccc1-c1cn2nccc(C(=O)O)c2n1. The Labute approximate surface area is 223 Å². The molecule has 6 rings (SSSR count). The summed E-state index contributed by atoms with van der Waals surface area (Å²) in [6, 6.07) is 18.8. The van der Waals surface area contributed by atoms with Gasteiger partial charge < -0.3 is 9.84 Å². The number of imidazole rings is 2. The summed E-state index contributed by atoms with van der Waals surface area (Å²) >= 11 is 0. The summed E-state index contributed by atoms with van der Waals surface area (Å²) in [5.41, 5.74) is 7.12. The molecule has 194 valence electrons. The van der Waals surface area contributed by atoms with Crippen LogP contribution in [0.1, 0.15) is 31.8 Å². The maximum atomic E-state index is 11.7. The molecule has 39 heavy (non-hydrogen) atoms. The van der Waals surface area contributed by atoms with Gasteiger partial charge in [-0.2, -0.15) is 10.2 Å². The second-order valence-electron chi connectivity index (χ2n) is 8.70. The molecule has 0 aliphatic rings. The van der Waals surface area contributed by atoms with Crippen molar-refractivity contribution in [3.05, 3.63) is 108 Å². The third kappa shape index (κ3) is 4.95. The van der Waals surface area contributed by atoms with E-state index >= 15 is 0 Å². The van der Waals surface area contributed by atoms with Gasteiger partial charge in [0.2, 0.25) is 0 Å². The average molecular weight is 521 g/mol. The number of methoxy groups -OCH3 is 1. The number of aryl methyl sites for hydroxylation is 2. The van der Waals surface area contributed by atoms with Crippen LogP contribution < -0.4 is 0 Å². The molecule has 0 fully saturated rings. The van der Waals surface area contributed by atoms with Gasteiger partial charge in [0, 0.05) is 23.5 Å². The Morgan fingerprint density at radius 2 is 1.18 bits per heavy atom. The Morgan fingerprint density at radius 1 is 0.718 bits per heavy atom. The van der Waals surface area contributed by atoms with Gasteiger partial charge in [-0.3, -0.25) is 0 Å². The van der Waals surface area contributed by atoms with E-state index in [2.05, 4.69) is 20.2 Å². The second kappa shape index (κ2) is 10.5. The Hall–Kier alpha value is -5.38. The molecule has 0 atom stereocenters. The zero-order valence-electron chi connectivity index (χ0n) is 21.4. The lowest BCUT2D eigenvalue weighted by atomic mass is 10.1. The van der Waals surface area contributed by atoms with Crippen molar-refractivity contribution in [3.8, 4) is 22.5 Å². The molecule has 0 aliphatic heterocycles. The third-order valence-corrected chi connectivity index (χ3v) is 6.20. The van der Waals surface area contributed by atoms with Gasteiger partial charge in [-0.05, 0) is 37.1 Å². The summed E-state index contributed by atoms with van der Waals surface area (Å²) in [7, 11) is 1.35. The van der Waals surface area contributed by atoms with Crippen LogP contribution in [0.3, 0.4) is 0 Å². The van der Waals surface area contributed by atoms with Gasteiger partial charge in [-0.1, -0.05) is 48.5 Å². The van der Waals surface area contributed by atoms with Crippen molar-refractivity contribution in [1.29, 1.82) is 0 Å². The van der Waals surface area contributed by atoms with Crippen molar-refractivity contribution in [2.45, 2.75) is 13.8 Å². The summed E-state index contributed by atoms with van der Waals surface area (Å²) in [6.07, 6.45) is 6.57. The molecule has 0 unspecified atom stereocenters. The number of esters is 1. The summed E-state index contributed by atoms with van der Waals surface area (Å²) < 4.78 is 7.85. The van der Waals surface area contributed by atoms with Gasteiger partial charge in [0.1, 0.15) is 11.1 Å². The van der Waals surface area contributed by atoms with E-state index in [-0.39, 0.29) is 5.56 Å². The highest BCUT2D eigenvalue weighted by atomic mass is 16.5. The van der Waals surface area contributed by atoms with Crippen LogP contribution in [0.5, 0.6) is 0 Å². The van der Waals surface area contributed by atoms with Crippen molar-refractivity contribution < 1.29 is 19.4 Å². The Balaban J connectivity index is 0.000000158. The molecular weight excluding hydrogens is 496 g/mol. The van der Waals surface area contributed by atoms with Gasteiger partial charge in [0.15, 0.2) is 11.3 Å². The maximum Gasteiger partial charge on any atom is 0.341 e. The first-order valence-corrected chi connectivity index (χ1v) is 12.0. The lowest BCUT2D eigenvalue weighted by Gasteiger charge is -2.00. The van der Waals surface area contributed by atoms with Crippen LogP contribution in [0.2, 0.25) is 0 Å². The first kappa shape index (κ1) is 25.3. The largest absolute Gasteiger partial charge is 0.478 e. The van der Waals surface area contributed by atoms with Crippen LogP contribution in [0, 0.1) is 13.8 Å². The Bertz CT molecular complexity index is 1840. The molecule has 10 heteroatoms. The molecule has 0 saturated heterocycles. The van der Waals surface area contributed by atoms with E-state index < -0.39 is 11.9 Å². The predicted octanol–water partition coefficient (Wildman–Crippen LogP) is 4.89. The van der Waals surface area contributed by atoms with Gasteiger partial charge in [0.05, 0.1) is 30.9 Å². The van der Waals surface area contributed by atoms with Crippen molar-refractivity contribution >= 4 is 23.2 Å². The van der Waals surface area contributed by atoms with Gasteiger partial charge in [0.25, 0.3) is 0 Å². The zero-order valence-corrected chi connectivity index (χ0v) is 21.4. The van der Waals surface area contributed by atoms with Gasteiger partial charge in [-0.15, -0.1) is 0 Å². The van der Waals surface area contributed by atoms with Crippen LogP contribution >= 0.6 is 0 Å². The number of hydrogen-bond donors (Lipinski definition) is 1. The molecule has 0 bridgehead atoms. The number of fused-ring (bicyclic) bond motifs is 2. The fraction of sp³-hybridized carbons (Fsp3) is 0.103. The number of aromatic nitrogens is 6. The van der Waals surface area contributed by atoms with Crippen LogP contribution in [0.15, 0.2) is 85.5 Å². The van der Waals surface area contributed by atoms with E-state index in [0.29, 0.717) is 16.9 Å². The van der Waals surface area contributed by atoms with Gasteiger partial charge >= 0.3 is 11.9 Å². The van der Waals surface area contributed by atoms with E-state index in [1.54, 1.807) is 23.0 Å². The molecule has 1 N–H and O–H groups in total. The minimum atomic E-state index is -1.01. The van der Waals surface area contributed by atoms with Crippen molar-refractivity contribution in [2.75, 3.05) is 7.11 Å². The Kier molecular flexibility index (Phi) is 6.83. The van der Waals surface area contributed by atoms with Crippen LogP contribution in [-0.4, -0.2) is 53.4 Å². The molecule has 0 amide bonds. The lowest BCUT2D eigenvalue weighted by molar-refractivity contribution is 0.0601. The topological polar surface area (TPSA) is 124 Å². The summed E-state index contributed by atoms with van der Waals surface area (Å²) in [5, 5.41) is 17.4. The molecule has 0 saturated carbocycles.